The van der Waals surface area contributed by atoms with Crippen molar-refractivity contribution in [2.75, 3.05) is 27.2 Å². The molecule has 1 amide bonds. The molecule has 0 saturated heterocycles. The molecule has 0 aliphatic rings. The van der Waals surface area contributed by atoms with Crippen LogP contribution in [0, 0.1) is 5.41 Å². The number of hydrogen-bond acceptors (Lipinski definition) is 2. The summed E-state index contributed by atoms with van der Waals surface area (Å²) in [5.41, 5.74) is 0.112. The van der Waals surface area contributed by atoms with Crippen LogP contribution in [0.3, 0.4) is 0 Å². The van der Waals surface area contributed by atoms with E-state index in [1.165, 1.54) is 0 Å². The lowest BCUT2D eigenvalue weighted by atomic mass is 9.93. The Hall–Kier alpha value is -0.830. The molecule has 0 rings (SSSR count). The first-order valence-corrected chi connectivity index (χ1v) is 4.92. The first-order valence-electron chi connectivity index (χ1n) is 4.92. The third-order valence-corrected chi connectivity index (χ3v) is 1.80. The zero-order valence-corrected chi connectivity index (χ0v) is 9.92. The largest absolute Gasteiger partial charge is 0.352 e. The van der Waals surface area contributed by atoms with Crippen LogP contribution in [0.25, 0.3) is 0 Å². The number of carbonyl (C=O) groups is 1. The first-order chi connectivity index (χ1) is 6.37. The van der Waals surface area contributed by atoms with Crippen molar-refractivity contribution in [2.45, 2.75) is 20.8 Å². The maximum Gasteiger partial charge on any atom is 0.243 e. The zero-order valence-electron chi connectivity index (χ0n) is 9.92. The molecule has 0 bridgehead atoms. The molecule has 0 aromatic rings. The van der Waals surface area contributed by atoms with Gasteiger partial charge in [-0.25, -0.2) is 0 Å². The lowest BCUT2D eigenvalue weighted by molar-refractivity contribution is -0.117. The molecule has 0 aliphatic heterocycles. The number of allylic oxidation sites excluding steroid dienone is 1. The Labute approximate surface area is 87.2 Å². The second-order valence-corrected chi connectivity index (χ2v) is 4.62. The van der Waals surface area contributed by atoms with Crippen LogP contribution >= 0.6 is 0 Å². The number of amides is 1. The minimum absolute atomic E-state index is 0.0145. The van der Waals surface area contributed by atoms with E-state index in [4.69, 9.17) is 0 Å². The van der Waals surface area contributed by atoms with E-state index >= 15 is 0 Å². The van der Waals surface area contributed by atoms with Crippen LogP contribution in [0.4, 0.5) is 0 Å². The number of nitrogens with one attached hydrogen (secondary N) is 1. The molecule has 0 spiro atoms. The average molecular weight is 198 g/mol. The molecule has 1 N–H and O–H groups in total. The first kappa shape index (κ1) is 13.2. The van der Waals surface area contributed by atoms with Gasteiger partial charge in [0.05, 0.1) is 0 Å². The second-order valence-electron chi connectivity index (χ2n) is 4.62. The Kier molecular flexibility index (Phi) is 5.46. The monoisotopic (exact) mass is 198 g/mol. The molecule has 0 atom stereocenters. The highest BCUT2D eigenvalue weighted by atomic mass is 16.1. The van der Waals surface area contributed by atoms with Crippen molar-refractivity contribution in [3.8, 4) is 0 Å². The molecule has 3 heteroatoms. The summed E-state index contributed by atoms with van der Waals surface area (Å²) in [7, 11) is 4.07. The highest BCUT2D eigenvalue weighted by Crippen LogP contribution is 2.13. The maximum atomic E-state index is 11.2. The fraction of sp³-hybridized carbons (Fsp3) is 0.727. The van der Waals surface area contributed by atoms with Crippen LogP contribution in [0.2, 0.25) is 0 Å². The summed E-state index contributed by atoms with van der Waals surface area (Å²) in [4.78, 5) is 13.3. The van der Waals surface area contributed by atoms with E-state index in [0.717, 1.165) is 6.54 Å². The normalized spacial score (nSPS) is 12.4. The van der Waals surface area contributed by atoms with Gasteiger partial charge in [0.15, 0.2) is 0 Å². The topological polar surface area (TPSA) is 32.3 Å². The average Bonchev–Trinajstić information content (AvgIpc) is 1.99. The summed E-state index contributed by atoms with van der Waals surface area (Å²) in [6.45, 7) is 7.79. The summed E-state index contributed by atoms with van der Waals surface area (Å²) in [6, 6.07) is 0. The molecule has 14 heavy (non-hydrogen) atoms. The molecule has 0 aromatic heterocycles. The zero-order chi connectivity index (χ0) is 11.2. The van der Waals surface area contributed by atoms with Crippen LogP contribution in [0.5, 0.6) is 0 Å². The number of rotatable bonds is 5. The lowest BCUT2D eigenvalue weighted by Gasteiger charge is -2.28. The summed E-state index contributed by atoms with van der Waals surface area (Å²) in [5.74, 6) is -0.0145. The molecule has 0 saturated carbocycles. The molecular weight excluding hydrogens is 176 g/mol. The summed E-state index contributed by atoms with van der Waals surface area (Å²) >= 11 is 0. The van der Waals surface area contributed by atoms with E-state index in [-0.39, 0.29) is 11.3 Å². The predicted molar refractivity (Wildman–Crippen MR) is 60.2 cm³/mol. The highest BCUT2D eigenvalue weighted by molar-refractivity contribution is 5.87. The third kappa shape index (κ3) is 6.66. The van der Waals surface area contributed by atoms with Crippen LogP contribution < -0.4 is 5.32 Å². The van der Waals surface area contributed by atoms with Gasteiger partial charge in [0.25, 0.3) is 0 Å². The third-order valence-electron chi connectivity index (χ3n) is 1.80. The molecule has 0 aliphatic carbocycles. The summed E-state index contributed by atoms with van der Waals surface area (Å²) < 4.78 is 0. The molecule has 0 fully saturated rings. The standard InChI is InChI=1S/C11H22N2O/c1-6-7-10(14)12-8-11(2,3)9-13(4)5/h6-7H,8-9H2,1-5H3,(H,12,14). The van der Waals surface area contributed by atoms with Crippen molar-refractivity contribution in [3.63, 3.8) is 0 Å². The van der Waals surface area contributed by atoms with E-state index in [2.05, 4.69) is 24.1 Å². The SMILES string of the molecule is CC=CC(=O)NCC(C)(C)CN(C)C. The minimum Gasteiger partial charge on any atom is -0.352 e. The Morgan fingerprint density at radius 2 is 2.00 bits per heavy atom. The number of hydrogen-bond donors (Lipinski definition) is 1. The molecule has 82 valence electrons. The van der Waals surface area contributed by atoms with Crippen molar-refractivity contribution >= 4 is 5.91 Å². The summed E-state index contributed by atoms with van der Waals surface area (Å²) in [6.07, 6.45) is 3.29. The van der Waals surface area contributed by atoms with E-state index in [9.17, 15) is 4.79 Å². The van der Waals surface area contributed by atoms with Gasteiger partial charge in [-0.1, -0.05) is 19.9 Å². The highest BCUT2D eigenvalue weighted by Gasteiger charge is 2.18. The Balaban J connectivity index is 3.92. The van der Waals surface area contributed by atoms with Crippen molar-refractivity contribution in [1.82, 2.24) is 10.2 Å². The second kappa shape index (κ2) is 5.81. The van der Waals surface area contributed by atoms with Gasteiger partial charge >= 0.3 is 0 Å². The molecule has 0 radical (unpaired) electrons. The van der Waals surface area contributed by atoms with Gasteiger partial charge in [-0.3, -0.25) is 4.79 Å². The number of nitrogens with zero attached hydrogens (tertiary/aromatic N) is 1. The molecule has 3 nitrogen and oxygen atoms in total. The van der Waals surface area contributed by atoms with Crippen molar-refractivity contribution in [2.24, 2.45) is 5.41 Å². The van der Waals surface area contributed by atoms with Gasteiger partial charge in [-0.15, -0.1) is 0 Å². The number of carbonyl (C=O) groups excluding carboxylic acids is 1. The van der Waals surface area contributed by atoms with Crippen LogP contribution in [0.1, 0.15) is 20.8 Å². The Morgan fingerprint density at radius 3 is 2.43 bits per heavy atom. The minimum atomic E-state index is -0.0145. The van der Waals surface area contributed by atoms with E-state index in [1.54, 1.807) is 12.2 Å². The van der Waals surface area contributed by atoms with Crippen molar-refractivity contribution in [3.05, 3.63) is 12.2 Å². The molecule has 0 heterocycles. The Bertz CT molecular complexity index is 207. The predicted octanol–water partition coefficient (Wildman–Crippen LogP) is 1.27. The molecular formula is C11H22N2O. The van der Waals surface area contributed by atoms with Crippen LogP contribution in [0.15, 0.2) is 12.2 Å². The van der Waals surface area contributed by atoms with Crippen LogP contribution in [-0.2, 0) is 4.79 Å². The van der Waals surface area contributed by atoms with E-state index in [0.29, 0.717) is 6.54 Å². The van der Waals surface area contributed by atoms with Crippen molar-refractivity contribution in [1.29, 1.82) is 0 Å². The molecule has 0 unspecified atom stereocenters. The van der Waals surface area contributed by atoms with Gasteiger partial charge in [-0.05, 0) is 32.5 Å². The van der Waals surface area contributed by atoms with Gasteiger partial charge < -0.3 is 10.2 Å². The Morgan fingerprint density at radius 1 is 1.43 bits per heavy atom. The lowest BCUT2D eigenvalue weighted by Crippen LogP contribution is -2.39. The van der Waals surface area contributed by atoms with E-state index < -0.39 is 0 Å². The molecule has 0 aromatic carbocycles. The van der Waals surface area contributed by atoms with Gasteiger partial charge in [0.1, 0.15) is 0 Å². The quantitative estimate of drug-likeness (QED) is 0.675. The van der Waals surface area contributed by atoms with E-state index in [1.807, 2.05) is 21.0 Å². The van der Waals surface area contributed by atoms with Gasteiger partial charge in [0, 0.05) is 13.1 Å². The van der Waals surface area contributed by atoms with Crippen molar-refractivity contribution < 1.29 is 4.79 Å². The maximum absolute atomic E-state index is 11.2. The summed E-state index contributed by atoms with van der Waals surface area (Å²) in [5, 5.41) is 2.88. The van der Waals surface area contributed by atoms with Gasteiger partial charge in [-0.2, -0.15) is 0 Å². The smallest absolute Gasteiger partial charge is 0.243 e. The van der Waals surface area contributed by atoms with Gasteiger partial charge in [0.2, 0.25) is 5.91 Å². The fourth-order valence-corrected chi connectivity index (χ4v) is 1.45. The van der Waals surface area contributed by atoms with Crippen LogP contribution in [-0.4, -0.2) is 38.0 Å². The fourth-order valence-electron chi connectivity index (χ4n) is 1.45.